The highest BCUT2D eigenvalue weighted by molar-refractivity contribution is 5.93. The summed E-state index contributed by atoms with van der Waals surface area (Å²) >= 11 is 0. The lowest BCUT2D eigenvalue weighted by molar-refractivity contribution is 0.0948. The summed E-state index contributed by atoms with van der Waals surface area (Å²) < 4.78 is 5.24. The van der Waals surface area contributed by atoms with Gasteiger partial charge in [-0.05, 0) is 42.7 Å². The van der Waals surface area contributed by atoms with Crippen molar-refractivity contribution in [3.8, 4) is 5.75 Å². The van der Waals surface area contributed by atoms with Crippen LogP contribution in [0.3, 0.4) is 0 Å². The minimum Gasteiger partial charge on any atom is -0.497 e. The molecule has 0 spiro atoms. The van der Waals surface area contributed by atoms with E-state index in [2.05, 4.69) is 28.6 Å². The molecular weight excluding hydrogens is 314 g/mol. The summed E-state index contributed by atoms with van der Waals surface area (Å²) in [5.41, 5.74) is 2.55. The average molecular weight is 341 g/mol. The molecule has 2 N–H and O–H groups in total. The molecule has 0 aliphatic carbocycles. The minimum atomic E-state index is -0.118. The number of unbranched alkanes of at least 4 members (excludes halogenated alkanes) is 2. The molecule has 2 aromatic rings. The number of amides is 1. The Morgan fingerprint density at radius 1 is 1.16 bits per heavy atom. The van der Waals surface area contributed by atoms with Gasteiger partial charge in [0.2, 0.25) is 0 Å². The Labute approximate surface area is 149 Å². The second-order valence-corrected chi connectivity index (χ2v) is 5.92. The maximum absolute atomic E-state index is 12.1. The third-order valence-corrected chi connectivity index (χ3v) is 3.94. The maximum atomic E-state index is 12.1. The van der Waals surface area contributed by atoms with E-state index in [9.17, 15) is 4.79 Å². The van der Waals surface area contributed by atoms with Crippen LogP contribution in [-0.2, 0) is 6.42 Å². The van der Waals surface area contributed by atoms with Crippen molar-refractivity contribution in [2.75, 3.05) is 25.5 Å². The lowest BCUT2D eigenvalue weighted by atomic mass is 10.1. The minimum absolute atomic E-state index is 0.118. The molecular formula is C20H27N3O2. The Kier molecular flexibility index (Phi) is 7.76. The third kappa shape index (κ3) is 6.45. The van der Waals surface area contributed by atoms with Gasteiger partial charge in [0.15, 0.2) is 0 Å². The molecule has 0 unspecified atom stereocenters. The highest BCUT2D eigenvalue weighted by Crippen LogP contribution is 2.14. The maximum Gasteiger partial charge on any atom is 0.269 e. The summed E-state index contributed by atoms with van der Waals surface area (Å²) in [6, 6.07) is 11.7. The number of aromatic nitrogens is 1. The number of carbonyl (C=O) groups is 1. The van der Waals surface area contributed by atoms with E-state index < -0.39 is 0 Å². The Morgan fingerprint density at radius 2 is 2.04 bits per heavy atom. The number of methoxy groups -OCH3 is 1. The Bertz CT molecular complexity index is 673. The highest BCUT2D eigenvalue weighted by atomic mass is 16.5. The zero-order valence-electron chi connectivity index (χ0n) is 15.0. The van der Waals surface area contributed by atoms with Crippen LogP contribution in [0.2, 0.25) is 0 Å². The number of pyridine rings is 1. The molecule has 2 rings (SSSR count). The van der Waals surface area contributed by atoms with E-state index in [4.69, 9.17) is 4.74 Å². The molecule has 0 aliphatic heterocycles. The first-order valence-corrected chi connectivity index (χ1v) is 8.84. The van der Waals surface area contributed by atoms with Gasteiger partial charge in [-0.25, -0.2) is 0 Å². The van der Waals surface area contributed by atoms with E-state index in [0.29, 0.717) is 12.2 Å². The van der Waals surface area contributed by atoms with Crippen molar-refractivity contribution in [2.45, 2.75) is 32.6 Å². The van der Waals surface area contributed by atoms with Crippen LogP contribution in [0.25, 0.3) is 0 Å². The first-order chi connectivity index (χ1) is 12.2. The molecule has 1 amide bonds. The van der Waals surface area contributed by atoms with Crippen molar-refractivity contribution in [3.05, 3.63) is 53.9 Å². The molecule has 0 bridgehead atoms. The Balaban J connectivity index is 1.83. The Morgan fingerprint density at radius 3 is 2.84 bits per heavy atom. The lowest BCUT2D eigenvalue weighted by Crippen LogP contribution is -2.25. The van der Waals surface area contributed by atoms with Crippen LogP contribution in [0.5, 0.6) is 5.75 Å². The van der Waals surface area contributed by atoms with Crippen molar-refractivity contribution in [3.63, 3.8) is 0 Å². The topological polar surface area (TPSA) is 63.2 Å². The number of rotatable bonds is 10. The predicted octanol–water partition coefficient (Wildman–Crippen LogP) is 3.66. The number of nitrogens with zero attached hydrogens (tertiary/aromatic N) is 1. The molecule has 0 saturated heterocycles. The summed E-state index contributed by atoms with van der Waals surface area (Å²) in [5.74, 6) is 0.746. The standard InChI is InChI=1S/C20H27N3O2/c1-3-4-5-11-23-20(24)19-15-17(10-13-22-19)21-12-9-16-7-6-8-18(14-16)25-2/h6-8,10,13-15H,3-5,9,11-12H2,1-2H3,(H,21,22)(H,23,24). The molecule has 0 radical (unpaired) electrons. The molecule has 0 fully saturated rings. The van der Waals surface area contributed by atoms with Crippen LogP contribution in [-0.4, -0.2) is 31.1 Å². The summed E-state index contributed by atoms with van der Waals surface area (Å²) in [4.78, 5) is 16.3. The number of anilines is 1. The summed E-state index contributed by atoms with van der Waals surface area (Å²) in [6.07, 6.45) is 5.80. The summed E-state index contributed by atoms with van der Waals surface area (Å²) in [5, 5.41) is 6.25. The summed E-state index contributed by atoms with van der Waals surface area (Å²) in [6.45, 7) is 3.61. The van der Waals surface area contributed by atoms with Crippen molar-refractivity contribution in [1.82, 2.24) is 10.3 Å². The average Bonchev–Trinajstić information content (AvgIpc) is 2.65. The molecule has 0 aliphatic rings. The number of hydrogen-bond donors (Lipinski definition) is 2. The van der Waals surface area contributed by atoms with Gasteiger partial charge in [0.1, 0.15) is 11.4 Å². The van der Waals surface area contributed by atoms with E-state index in [-0.39, 0.29) is 5.91 Å². The predicted molar refractivity (Wildman–Crippen MR) is 101 cm³/mol. The van der Waals surface area contributed by atoms with Crippen LogP contribution in [0.15, 0.2) is 42.6 Å². The number of nitrogens with one attached hydrogen (secondary N) is 2. The fraction of sp³-hybridized carbons (Fsp3) is 0.400. The molecule has 134 valence electrons. The van der Waals surface area contributed by atoms with Crippen LogP contribution in [0, 0.1) is 0 Å². The van der Waals surface area contributed by atoms with E-state index in [1.807, 2.05) is 24.3 Å². The van der Waals surface area contributed by atoms with Gasteiger partial charge >= 0.3 is 0 Å². The third-order valence-electron chi connectivity index (χ3n) is 3.94. The molecule has 0 atom stereocenters. The summed E-state index contributed by atoms with van der Waals surface area (Å²) in [7, 11) is 1.67. The molecule has 1 aromatic heterocycles. The van der Waals surface area contributed by atoms with E-state index >= 15 is 0 Å². The van der Waals surface area contributed by atoms with Crippen molar-refractivity contribution < 1.29 is 9.53 Å². The fourth-order valence-corrected chi connectivity index (χ4v) is 2.51. The monoisotopic (exact) mass is 341 g/mol. The molecule has 1 heterocycles. The number of benzene rings is 1. The van der Waals surface area contributed by atoms with Crippen molar-refractivity contribution in [2.24, 2.45) is 0 Å². The van der Waals surface area contributed by atoms with Crippen molar-refractivity contribution >= 4 is 11.6 Å². The van der Waals surface area contributed by atoms with Crippen LogP contribution in [0.4, 0.5) is 5.69 Å². The highest BCUT2D eigenvalue weighted by Gasteiger charge is 2.07. The van der Waals surface area contributed by atoms with Crippen LogP contribution in [0.1, 0.15) is 42.2 Å². The second-order valence-electron chi connectivity index (χ2n) is 5.92. The smallest absolute Gasteiger partial charge is 0.269 e. The van der Waals surface area contributed by atoms with Gasteiger partial charge in [0.05, 0.1) is 7.11 Å². The van der Waals surface area contributed by atoms with E-state index in [0.717, 1.165) is 43.7 Å². The van der Waals surface area contributed by atoms with E-state index in [1.165, 1.54) is 5.56 Å². The van der Waals surface area contributed by atoms with Gasteiger partial charge in [-0.3, -0.25) is 9.78 Å². The fourth-order valence-electron chi connectivity index (χ4n) is 2.51. The van der Waals surface area contributed by atoms with Crippen LogP contribution >= 0.6 is 0 Å². The lowest BCUT2D eigenvalue weighted by Gasteiger charge is -2.09. The van der Waals surface area contributed by atoms with Gasteiger partial charge in [-0.15, -0.1) is 0 Å². The zero-order chi connectivity index (χ0) is 17.9. The number of hydrogen-bond acceptors (Lipinski definition) is 4. The first kappa shape index (κ1) is 18.8. The SMILES string of the molecule is CCCCCNC(=O)c1cc(NCCc2cccc(OC)c2)ccn1. The number of carbonyl (C=O) groups excluding carboxylic acids is 1. The molecule has 0 saturated carbocycles. The van der Waals surface area contributed by atoms with Gasteiger partial charge in [-0.2, -0.15) is 0 Å². The van der Waals surface area contributed by atoms with Crippen molar-refractivity contribution in [1.29, 1.82) is 0 Å². The van der Waals surface area contributed by atoms with E-state index in [1.54, 1.807) is 19.4 Å². The van der Waals surface area contributed by atoms with Gasteiger partial charge in [0.25, 0.3) is 5.91 Å². The molecule has 5 nitrogen and oxygen atoms in total. The zero-order valence-corrected chi connectivity index (χ0v) is 15.0. The van der Waals surface area contributed by atoms with Crippen LogP contribution < -0.4 is 15.4 Å². The number of ether oxygens (including phenoxy) is 1. The first-order valence-electron chi connectivity index (χ1n) is 8.84. The molecule has 1 aromatic carbocycles. The van der Waals surface area contributed by atoms with Gasteiger partial charge < -0.3 is 15.4 Å². The second kappa shape index (κ2) is 10.3. The Hall–Kier alpha value is -2.56. The molecule has 25 heavy (non-hydrogen) atoms. The normalized spacial score (nSPS) is 10.3. The quantitative estimate of drug-likeness (QED) is 0.647. The van der Waals surface area contributed by atoms with Gasteiger partial charge in [0, 0.05) is 25.0 Å². The largest absolute Gasteiger partial charge is 0.497 e. The van der Waals surface area contributed by atoms with Gasteiger partial charge in [-0.1, -0.05) is 31.9 Å². The molecule has 5 heteroatoms.